The number of carbonyl (C=O) groups excluding carboxylic acids is 1. The number of rotatable bonds is 6. The fourth-order valence-corrected chi connectivity index (χ4v) is 1.30. The van der Waals surface area contributed by atoms with Crippen molar-refractivity contribution in [2.45, 2.75) is 25.8 Å². The molecule has 7 heteroatoms. The number of unbranched alkanes of at least 4 members (excludes halogenated alkanes) is 1. The van der Waals surface area contributed by atoms with Crippen LogP contribution in [0.2, 0.25) is 0 Å². The molecule has 1 aromatic rings. The SMILES string of the molecule is O=C(CCCCBr)NCc1nn[nH]n1. The Balaban J connectivity index is 2.09. The molecule has 0 aliphatic heterocycles. The molecular weight excluding hydrogens is 250 g/mol. The largest absolute Gasteiger partial charge is 0.349 e. The lowest BCUT2D eigenvalue weighted by atomic mass is 10.2. The maximum absolute atomic E-state index is 11.2. The predicted molar refractivity (Wildman–Crippen MR) is 53.7 cm³/mol. The molecule has 1 rings (SSSR count). The van der Waals surface area contributed by atoms with Crippen molar-refractivity contribution in [1.82, 2.24) is 25.9 Å². The number of aromatic amines is 1. The number of hydrogen-bond donors (Lipinski definition) is 2. The van der Waals surface area contributed by atoms with E-state index in [0.717, 1.165) is 18.2 Å². The minimum atomic E-state index is 0.0238. The van der Waals surface area contributed by atoms with Gasteiger partial charge in [0, 0.05) is 11.8 Å². The Bertz CT molecular complexity index is 263. The Hall–Kier alpha value is -0.980. The zero-order valence-electron chi connectivity index (χ0n) is 7.66. The maximum Gasteiger partial charge on any atom is 0.220 e. The molecule has 14 heavy (non-hydrogen) atoms. The molecule has 0 saturated carbocycles. The number of alkyl halides is 1. The first kappa shape index (κ1) is 11.1. The highest BCUT2D eigenvalue weighted by Crippen LogP contribution is 1.98. The molecule has 1 amide bonds. The van der Waals surface area contributed by atoms with Gasteiger partial charge < -0.3 is 5.32 Å². The minimum absolute atomic E-state index is 0.0238. The molecule has 0 bridgehead atoms. The zero-order chi connectivity index (χ0) is 10.2. The van der Waals surface area contributed by atoms with Gasteiger partial charge in [0.25, 0.3) is 0 Å². The monoisotopic (exact) mass is 261 g/mol. The number of aromatic nitrogens is 4. The number of carbonyl (C=O) groups is 1. The summed E-state index contributed by atoms with van der Waals surface area (Å²) < 4.78 is 0. The number of hydrogen-bond acceptors (Lipinski definition) is 4. The summed E-state index contributed by atoms with van der Waals surface area (Å²) in [6, 6.07) is 0. The molecule has 6 nitrogen and oxygen atoms in total. The van der Waals surface area contributed by atoms with E-state index in [4.69, 9.17) is 0 Å². The molecule has 1 aromatic heterocycles. The van der Waals surface area contributed by atoms with Crippen molar-refractivity contribution < 1.29 is 4.79 Å². The van der Waals surface area contributed by atoms with Gasteiger partial charge in [-0.2, -0.15) is 5.21 Å². The van der Waals surface area contributed by atoms with Crippen LogP contribution in [0.25, 0.3) is 0 Å². The van der Waals surface area contributed by atoms with E-state index in [2.05, 4.69) is 41.9 Å². The third-order valence-corrected chi connectivity index (χ3v) is 2.18. The summed E-state index contributed by atoms with van der Waals surface area (Å²) in [5, 5.41) is 16.8. The van der Waals surface area contributed by atoms with Crippen LogP contribution in [0.1, 0.15) is 25.1 Å². The van der Waals surface area contributed by atoms with E-state index < -0.39 is 0 Å². The van der Waals surface area contributed by atoms with Gasteiger partial charge in [0.1, 0.15) is 0 Å². The smallest absolute Gasteiger partial charge is 0.220 e. The van der Waals surface area contributed by atoms with Crippen LogP contribution in [0.3, 0.4) is 0 Å². The van der Waals surface area contributed by atoms with Gasteiger partial charge in [-0.25, -0.2) is 0 Å². The van der Waals surface area contributed by atoms with Crippen LogP contribution in [0.15, 0.2) is 0 Å². The number of amides is 1. The van der Waals surface area contributed by atoms with Gasteiger partial charge in [0.05, 0.1) is 6.54 Å². The molecule has 0 aliphatic rings. The predicted octanol–water partition coefficient (Wildman–Crippen LogP) is 0.381. The highest BCUT2D eigenvalue weighted by Gasteiger charge is 2.02. The second-order valence-corrected chi connectivity index (χ2v) is 3.54. The van der Waals surface area contributed by atoms with Crippen LogP contribution >= 0.6 is 15.9 Å². The maximum atomic E-state index is 11.2. The molecule has 0 spiro atoms. The molecule has 0 fully saturated rings. The first-order valence-electron chi connectivity index (χ1n) is 4.38. The third-order valence-electron chi connectivity index (χ3n) is 1.62. The van der Waals surface area contributed by atoms with E-state index >= 15 is 0 Å². The highest BCUT2D eigenvalue weighted by atomic mass is 79.9. The van der Waals surface area contributed by atoms with Crippen LogP contribution in [-0.4, -0.2) is 31.9 Å². The molecule has 78 valence electrons. The lowest BCUT2D eigenvalue weighted by Gasteiger charge is -2.00. The summed E-state index contributed by atoms with van der Waals surface area (Å²) in [7, 11) is 0. The molecule has 0 unspecified atom stereocenters. The molecule has 0 saturated heterocycles. The molecular formula is C7H12BrN5O. The van der Waals surface area contributed by atoms with Crippen molar-refractivity contribution in [3.05, 3.63) is 5.82 Å². The van der Waals surface area contributed by atoms with Crippen molar-refractivity contribution in [2.75, 3.05) is 5.33 Å². The Kier molecular flexibility index (Phi) is 5.13. The van der Waals surface area contributed by atoms with E-state index in [-0.39, 0.29) is 5.91 Å². The number of nitrogens with zero attached hydrogens (tertiary/aromatic N) is 3. The summed E-state index contributed by atoms with van der Waals surface area (Å²) in [6.45, 7) is 0.337. The summed E-state index contributed by atoms with van der Waals surface area (Å²) in [5.41, 5.74) is 0. The Morgan fingerprint density at radius 3 is 3.00 bits per heavy atom. The number of halogens is 1. The number of H-pyrrole nitrogens is 1. The Labute approximate surface area is 90.0 Å². The fraction of sp³-hybridized carbons (Fsp3) is 0.714. The zero-order valence-corrected chi connectivity index (χ0v) is 9.25. The number of tetrazole rings is 1. The summed E-state index contributed by atoms with van der Waals surface area (Å²) in [5.74, 6) is 0.523. The van der Waals surface area contributed by atoms with Gasteiger partial charge in [-0.05, 0) is 12.8 Å². The third kappa shape index (κ3) is 4.31. The second kappa shape index (κ2) is 6.47. The second-order valence-electron chi connectivity index (χ2n) is 2.75. The first-order valence-corrected chi connectivity index (χ1v) is 5.50. The molecule has 0 radical (unpaired) electrons. The van der Waals surface area contributed by atoms with Gasteiger partial charge in [0.2, 0.25) is 5.91 Å². The molecule has 0 aromatic carbocycles. The van der Waals surface area contributed by atoms with Crippen molar-refractivity contribution in [3.63, 3.8) is 0 Å². The highest BCUT2D eigenvalue weighted by molar-refractivity contribution is 9.09. The van der Waals surface area contributed by atoms with Gasteiger partial charge in [-0.15, -0.1) is 10.2 Å². The molecule has 2 N–H and O–H groups in total. The van der Waals surface area contributed by atoms with Crippen LogP contribution in [0, 0.1) is 0 Å². The molecule has 0 atom stereocenters. The normalized spacial score (nSPS) is 10.1. The van der Waals surface area contributed by atoms with Crippen molar-refractivity contribution in [2.24, 2.45) is 0 Å². The minimum Gasteiger partial charge on any atom is -0.349 e. The van der Waals surface area contributed by atoms with Gasteiger partial charge >= 0.3 is 0 Å². The lowest BCUT2D eigenvalue weighted by molar-refractivity contribution is -0.121. The average molecular weight is 262 g/mol. The van der Waals surface area contributed by atoms with Crippen molar-refractivity contribution in [3.8, 4) is 0 Å². The first-order chi connectivity index (χ1) is 6.83. The van der Waals surface area contributed by atoms with E-state index in [1.54, 1.807) is 0 Å². The summed E-state index contributed by atoms with van der Waals surface area (Å²) in [6.07, 6.45) is 2.45. The Morgan fingerprint density at radius 1 is 1.50 bits per heavy atom. The van der Waals surface area contributed by atoms with E-state index in [9.17, 15) is 4.79 Å². The number of nitrogens with one attached hydrogen (secondary N) is 2. The average Bonchev–Trinajstić information content (AvgIpc) is 2.68. The van der Waals surface area contributed by atoms with Gasteiger partial charge in [-0.3, -0.25) is 4.79 Å². The fourth-order valence-electron chi connectivity index (χ4n) is 0.903. The molecule has 0 aliphatic carbocycles. The molecule has 1 heterocycles. The van der Waals surface area contributed by atoms with Crippen LogP contribution in [0.4, 0.5) is 0 Å². The quantitative estimate of drug-likeness (QED) is 0.573. The van der Waals surface area contributed by atoms with E-state index in [1.807, 2.05) is 0 Å². The van der Waals surface area contributed by atoms with Gasteiger partial charge in [-0.1, -0.05) is 21.1 Å². The van der Waals surface area contributed by atoms with Crippen LogP contribution < -0.4 is 5.32 Å². The van der Waals surface area contributed by atoms with Gasteiger partial charge in [0.15, 0.2) is 5.82 Å². The van der Waals surface area contributed by atoms with Crippen LogP contribution in [-0.2, 0) is 11.3 Å². The van der Waals surface area contributed by atoms with Crippen LogP contribution in [0.5, 0.6) is 0 Å². The Morgan fingerprint density at radius 2 is 2.36 bits per heavy atom. The van der Waals surface area contributed by atoms with E-state index in [1.165, 1.54) is 0 Å². The summed E-state index contributed by atoms with van der Waals surface area (Å²) in [4.78, 5) is 11.2. The topological polar surface area (TPSA) is 83.6 Å². The standard InChI is InChI=1S/C7H12BrN5O/c8-4-2-1-3-7(14)9-5-6-10-12-13-11-6/h1-5H2,(H,9,14)(H,10,11,12,13). The van der Waals surface area contributed by atoms with Crippen molar-refractivity contribution >= 4 is 21.8 Å². The van der Waals surface area contributed by atoms with E-state index in [0.29, 0.717) is 18.8 Å². The van der Waals surface area contributed by atoms with Crippen molar-refractivity contribution in [1.29, 1.82) is 0 Å². The lowest BCUT2D eigenvalue weighted by Crippen LogP contribution is -2.23. The summed E-state index contributed by atoms with van der Waals surface area (Å²) >= 11 is 3.31.